The molecule has 1 saturated heterocycles. The van der Waals surface area contributed by atoms with Gasteiger partial charge in [0, 0.05) is 19.6 Å². The molecule has 6 heteroatoms. The van der Waals surface area contributed by atoms with Crippen LogP contribution in [0.25, 0.3) is 0 Å². The Morgan fingerprint density at radius 3 is 3.11 bits per heavy atom. The van der Waals surface area contributed by atoms with Crippen molar-refractivity contribution in [2.24, 2.45) is 0 Å². The number of ether oxygens (including phenoxy) is 1. The van der Waals surface area contributed by atoms with Crippen LogP contribution in [0.3, 0.4) is 0 Å². The van der Waals surface area contributed by atoms with Crippen LogP contribution in [0.4, 0.5) is 11.6 Å². The van der Waals surface area contributed by atoms with Gasteiger partial charge in [0.05, 0.1) is 12.7 Å². The zero-order valence-electron chi connectivity index (χ0n) is 10.8. The Balaban J connectivity index is 2.16. The van der Waals surface area contributed by atoms with E-state index in [0.717, 1.165) is 48.8 Å². The van der Waals surface area contributed by atoms with Crippen LogP contribution in [-0.4, -0.2) is 42.3 Å². The first-order chi connectivity index (χ1) is 8.72. The Hall–Kier alpha value is -0.880. The molecule has 18 heavy (non-hydrogen) atoms. The molecule has 1 aromatic heterocycles. The fraction of sp³-hybridized carbons (Fsp3) is 0.667. The van der Waals surface area contributed by atoms with E-state index in [9.17, 15) is 0 Å². The van der Waals surface area contributed by atoms with Crippen LogP contribution in [0.15, 0.2) is 10.8 Å². The maximum absolute atomic E-state index is 5.55. The highest BCUT2D eigenvalue weighted by molar-refractivity contribution is 9.10. The van der Waals surface area contributed by atoms with E-state index in [4.69, 9.17) is 4.74 Å². The van der Waals surface area contributed by atoms with Gasteiger partial charge in [-0.15, -0.1) is 0 Å². The van der Waals surface area contributed by atoms with Crippen LogP contribution >= 0.6 is 15.9 Å². The maximum Gasteiger partial charge on any atom is 0.148 e. The molecule has 1 unspecified atom stereocenters. The molecule has 0 amide bonds. The lowest BCUT2D eigenvalue weighted by Gasteiger charge is -2.32. The van der Waals surface area contributed by atoms with Crippen LogP contribution in [0, 0.1) is 0 Å². The van der Waals surface area contributed by atoms with E-state index < -0.39 is 0 Å². The van der Waals surface area contributed by atoms with Gasteiger partial charge in [0.1, 0.15) is 22.4 Å². The summed E-state index contributed by atoms with van der Waals surface area (Å²) in [6.07, 6.45) is 2.92. The van der Waals surface area contributed by atoms with Crippen LogP contribution in [0.1, 0.15) is 20.3 Å². The molecular weight excluding hydrogens is 296 g/mol. The van der Waals surface area contributed by atoms with Crippen molar-refractivity contribution in [3.63, 3.8) is 0 Å². The van der Waals surface area contributed by atoms with E-state index in [0.29, 0.717) is 0 Å². The van der Waals surface area contributed by atoms with E-state index in [-0.39, 0.29) is 6.10 Å². The second-order valence-corrected chi connectivity index (χ2v) is 5.21. The van der Waals surface area contributed by atoms with Gasteiger partial charge in [-0.1, -0.05) is 6.92 Å². The zero-order valence-corrected chi connectivity index (χ0v) is 12.4. The van der Waals surface area contributed by atoms with Crippen molar-refractivity contribution in [1.82, 2.24) is 9.97 Å². The van der Waals surface area contributed by atoms with E-state index in [1.54, 1.807) is 6.33 Å². The monoisotopic (exact) mass is 314 g/mol. The van der Waals surface area contributed by atoms with Gasteiger partial charge < -0.3 is 15.0 Å². The van der Waals surface area contributed by atoms with Gasteiger partial charge in [0.25, 0.3) is 0 Å². The highest BCUT2D eigenvalue weighted by Crippen LogP contribution is 2.30. The number of nitrogens with one attached hydrogen (secondary N) is 1. The van der Waals surface area contributed by atoms with Gasteiger partial charge in [0.15, 0.2) is 0 Å². The molecule has 0 aromatic carbocycles. The zero-order chi connectivity index (χ0) is 13.0. The highest BCUT2D eigenvalue weighted by Gasteiger charge is 2.21. The van der Waals surface area contributed by atoms with Gasteiger partial charge in [-0.3, -0.25) is 0 Å². The van der Waals surface area contributed by atoms with Crippen molar-refractivity contribution in [2.75, 3.05) is 36.5 Å². The fourth-order valence-corrected chi connectivity index (χ4v) is 2.55. The third-order valence-corrected chi connectivity index (χ3v) is 3.58. The standard InChI is InChI=1S/C12H19BrN4O/c1-3-4-14-11-10(13)12(16-8-15-11)17-5-6-18-9(2)7-17/h8-9H,3-7H2,1-2H3,(H,14,15,16). The van der Waals surface area contributed by atoms with Crippen molar-refractivity contribution in [2.45, 2.75) is 26.4 Å². The molecule has 1 atom stereocenters. The SMILES string of the molecule is CCCNc1ncnc(N2CCOC(C)C2)c1Br. The number of hydrogen-bond donors (Lipinski definition) is 1. The number of nitrogens with zero attached hydrogens (tertiary/aromatic N) is 3. The number of morpholine rings is 1. The summed E-state index contributed by atoms with van der Waals surface area (Å²) >= 11 is 3.60. The minimum Gasteiger partial charge on any atom is -0.375 e. The minimum atomic E-state index is 0.243. The molecular formula is C12H19BrN4O. The summed E-state index contributed by atoms with van der Waals surface area (Å²) in [5.74, 6) is 1.81. The second-order valence-electron chi connectivity index (χ2n) is 4.41. The molecule has 0 spiro atoms. The molecule has 0 bridgehead atoms. The van der Waals surface area contributed by atoms with E-state index in [1.165, 1.54) is 0 Å². The van der Waals surface area contributed by atoms with E-state index >= 15 is 0 Å². The Morgan fingerprint density at radius 1 is 1.56 bits per heavy atom. The molecule has 1 aliphatic rings. The predicted octanol–water partition coefficient (Wildman–Crippen LogP) is 2.29. The van der Waals surface area contributed by atoms with E-state index in [1.807, 2.05) is 0 Å². The summed E-state index contributed by atoms with van der Waals surface area (Å²) < 4.78 is 6.49. The summed E-state index contributed by atoms with van der Waals surface area (Å²) in [5, 5.41) is 3.30. The van der Waals surface area contributed by atoms with Gasteiger partial charge >= 0.3 is 0 Å². The van der Waals surface area contributed by atoms with Crippen molar-refractivity contribution in [3.8, 4) is 0 Å². The van der Waals surface area contributed by atoms with Crippen LogP contribution in [0.2, 0.25) is 0 Å². The molecule has 1 fully saturated rings. The Labute approximate surface area is 116 Å². The van der Waals surface area contributed by atoms with Crippen LogP contribution < -0.4 is 10.2 Å². The maximum atomic E-state index is 5.55. The van der Waals surface area contributed by atoms with Crippen molar-refractivity contribution in [3.05, 3.63) is 10.8 Å². The summed E-state index contributed by atoms with van der Waals surface area (Å²) in [7, 11) is 0. The first kappa shape index (κ1) is 13.5. The third kappa shape index (κ3) is 3.11. The van der Waals surface area contributed by atoms with E-state index in [2.05, 4.69) is 50.0 Å². The van der Waals surface area contributed by atoms with Crippen molar-refractivity contribution >= 4 is 27.6 Å². The lowest BCUT2D eigenvalue weighted by atomic mass is 10.3. The molecule has 100 valence electrons. The smallest absolute Gasteiger partial charge is 0.148 e. The van der Waals surface area contributed by atoms with Crippen molar-refractivity contribution in [1.29, 1.82) is 0 Å². The highest BCUT2D eigenvalue weighted by atomic mass is 79.9. The van der Waals surface area contributed by atoms with Crippen LogP contribution in [0.5, 0.6) is 0 Å². The Bertz CT molecular complexity index is 402. The Kier molecular flexibility index (Phi) is 4.77. The van der Waals surface area contributed by atoms with Gasteiger partial charge in [-0.25, -0.2) is 9.97 Å². The number of anilines is 2. The molecule has 1 aliphatic heterocycles. The molecule has 1 N–H and O–H groups in total. The molecule has 1 aromatic rings. The molecule has 5 nitrogen and oxygen atoms in total. The number of rotatable bonds is 4. The number of halogens is 1. The first-order valence-electron chi connectivity index (χ1n) is 6.33. The number of hydrogen-bond acceptors (Lipinski definition) is 5. The molecule has 2 rings (SSSR count). The third-order valence-electron chi connectivity index (χ3n) is 2.85. The summed E-state index contributed by atoms with van der Waals surface area (Å²) in [6.45, 7) is 7.60. The van der Waals surface area contributed by atoms with Gasteiger partial charge in [-0.2, -0.15) is 0 Å². The van der Waals surface area contributed by atoms with Gasteiger partial charge in [-0.05, 0) is 29.3 Å². The average molecular weight is 315 g/mol. The van der Waals surface area contributed by atoms with Crippen LogP contribution in [-0.2, 0) is 4.74 Å². The summed E-state index contributed by atoms with van der Waals surface area (Å²) in [4.78, 5) is 10.9. The van der Waals surface area contributed by atoms with Crippen molar-refractivity contribution < 1.29 is 4.74 Å². The lowest BCUT2D eigenvalue weighted by Crippen LogP contribution is -2.41. The fourth-order valence-electron chi connectivity index (χ4n) is 1.96. The lowest BCUT2D eigenvalue weighted by molar-refractivity contribution is 0.0529. The quantitative estimate of drug-likeness (QED) is 0.924. The Morgan fingerprint density at radius 2 is 2.39 bits per heavy atom. The van der Waals surface area contributed by atoms with Gasteiger partial charge in [0.2, 0.25) is 0 Å². The minimum absolute atomic E-state index is 0.243. The first-order valence-corrected chi connectivity index (χ1v) is 7.12. The summed E-state index contributed by atoms with van der Waals surface area (Å²) in [6, 6.07) is 0. The average Bonchev–Trinajstić information content (AvgIpc) is 2.37. The second kappa shape index (κ2) is 6.33. The largest absolute Gasteiger partial charge is 0.375 e. The number of aromatic nitrogens is 2. The molecule has 0 saturated carbocycles. The normalized spacial score (nSPS) is 19.9. The summed E-state index contributed by atoms with van der Waals surface area (Å²) in [5.41, 5.74) is 0. The molecule has 0 radical (unpaired) electrons. The topological polar surface area (TPSA) is 50.3 Å². The predicted molar refractivity (Wildman–Crippen MR) is 76.1 cm³/mol. The molecule has 0 aliphatic carbocycles. The molecule has 2 heterocycles.